The molecule has 1 aliphatic heterocycles. The van der Waals surface area contributed by atoms with Crippen LogP contribution in [0.1, 0.15) is 27.7 Å². The van der Waals surface area contributed by atoms with E-state index < -0.39 is 24.1 Å². The zero-order valence-electron chi connectivity index (χ0n) is 12.7. The summed E-state index contributed by atoms with van der Waals surface area (Å²) in [5.74, 6) is -0.201. The summed E-state index contributed by atoms with van der Waals surface area (Å²) in [6.45, 7) is 7.49. The smallest absolute Gasteiger partial charge is 0.489 e. The molecule has 21 heavy (non-hydrogen) atoms. The van der Waals surface area contributed by atoms with E-state index in [1.807, 2.05) is 0 Å². The number of anilines is 1. The Labute approximate surface area is 124 Å². The van der Waals surface area contributed by atoms with Gasteiger partial charge in [0.2, 0.25) is 0 Å². The first-order valence-electron chi connectivity index (χ1n) is 6.90. The van der Waals surface area contributed by atoms with E-state index in [1.54, 1.807) is 27.7 Å². The fourth-order valence-corrected chi connectivity index (χ4v) is 1.85. The summed E-state index contributed by atoms with van der Waals surface area (Å²) in [7, 11) is -1.49. The Bertz CT molecular complexity index is 530. The zero-order chi connectivity index (χ0) is 15.8. The molecule has 1 heterocycles. The lowest BCUT2D eigenvalue weighted by Gasteiger charge is -2.38. The minimum absolute atomic E-state index is 0.00377. The van der Waals surface area contributed by atoms with E-state index in [0.717, 1.165) is 0 Å². The van der Waals surface area contributed by atoms with Crippen molar-refractivity contribution in [2.75, 3.05) is 18.5 Å². The third-order valence-corrected chi connectivity index (χ3v) is 3.92. The van der Waals surface area contributed by atoms with Crippen LogP contribution in [0.3, 0.4) is 0 Å². The van der Waals surface area contributed by atoms with Crippen molar-refractivity contribution >= 4 is 18.3 Å². The van der Waals surface area contributed by atoms with Gasteiger partial charge in [-0.2, -0.15) is 0 Å². The number of halogens is 1. The van der Waals surface area contributed by atoms with Crippen molar-refractivity contribution < 1.29 is 23.9 Å². The highest BCUT2D eigenvalue weighted by Crippen LogP contribution is 2.29. The van der Waals surface area contributed by atoms with Gasteiger partial charge in [0.1, 0.15) is 18.2 Å². The molecule has 5 nitrogen and oxygen atoms in total. The lowest BCUT2D eigenvalue weighted by molar-refractivity contribution is -0.0983. The standard InChI is InChI=1S/C14H21BFNO4/c1-13(2,18)14(3,4)21-15(19)9-7-11-12(8-10(9)16)20-6-5-17-11/h7-8,17-19H,5-6H2,1-4H3. The van der Waals surface area contributed by atoms with Crippen LogP contribution in [0.25, 0.3) is 0 Å². The fourth-order valence-electron chi connectivity index (χ4n) is 1.85. The van der Waals surface area contributed by atoms with Gasteiger partial charge >= 0.3 is 7.12 Å². The van der Waals surface area contributed by atoms with Gasteiger partial charge in [0.25, 0.3) is 0 Å². The number of nitrogens with one attached hydrogen (secondary N) is 1. The quantitative estimate of drug-likeness (QED) is 0.720. The molecular formula is C14H21BFNO4. The summed E-state index contributed by atoms with van der Waals surface area (Å²) in [6.07, 6.45) is 0. The SMILES string of the molecule is CC(C)(O)C(C)(C)OB(O)c1cc2c(cc1F)OCCN2. The van der Waals surface area contributed by atoms with E-state index in [1.165, 1.54) is 12.1 Å². The van der Waals surface area contributed by atoms with Crippen LogP contribution in [0.15, 0.2) is 12.1 Å². The molecule has 0 saturated heterocycles. The van der Waals surface area contributed by atoms with Crippen LogP contribution in [0, 0.1) is 5.82 Å². The van der Waals surface area contributed by atoms with Gasteiger partial charge in [0, 0.05) is 18.1 Å². The third-order valence-electron chi connectivity index (χ3n) is 3.92. The molecule has 1 aliphatic rings. The second-order valence-electron chi connectivity index (χ2n) is 6.18. The maximum absolute atomic E-state index is 14.1. The molecule has 0 amide bonds. The van der Waals surface area contributed by atoms with Gasteiger partial charge in [0.05, 0.1) is 16.9 Å². The Morgan fingerprint density at radius 2 is 2.00 bits per heavy atom. The minimum Gasteiger partial charge on any atom is -0.489 e. The normalized spacial score (nSPS) is 15.0. The monoisotopic (exact) mass is 297 g/mol. The third kappa shape index (κ3) is 3.31. The van der Waals surface area contributed by atoms with Crippen molar-refractivity contribution in [3.8, 4) is 5.75 Å². The molecule has 1 aromatic carbocycles. The topological polar surface area (TPSA) is 71.0 Å². The minimum atomic E-state index is -1.49. The largest absolute Gasteiger partial charge is 0.494 e. The molecule has 2 rings (SSSR count). The highest BCUT2D eigenvalue weighted by molar-refractivity contribution is 6.60. The molecule has 0 fully saturated rings. The van der Waals surface area contributed by atoms with E-state index in [9.17, 15) is 14.5 Å². The van der Waals surface area contributed by atoms with Crippen LogP contribution in [0.2, 0.25) is 0 Å². The van der Waals surface area contributed by atoms with Gasteiger partial charge in [-0.15, -0.1) is 0 Å². The van der Waals surface area contributed by atoms with Crippen molar-refractivity contribution in [1.82, 2.24) is 0 Å². The molecule has 1 aromatic rings. The molecule has 0 aromatic heterocycles. The second kappa shape index (κ2) is 5.48. The Hall–Kier alpha value is -1.31. The van der Waals surface area contributed by atoms with Crippen LogP contribution in [-0.4, -0.2) is 41.6 Å². The highest BCUT2D eigenvalue weighted by atomic mass is 19.1. The maximum Gasteiger partial charge on any atom is 0.494 e. The van der Waals surface area contributed by atoms with Crippen LogP contribution < -0.4 is 15.5 Å². The number of rotatable bonds is 4. The van der Waals surface area contributed by atoms with Gasteiger partial charge < -0.3 is 24.8 Å². The lowest BCUT2D eigenvalue weighted by Crippen LogP contribution is -2.53. The number of hydrogen-bond acceptors (Lipinski definition) is 5. The number of fused-ring (bicyclic) bond motifs is 1. The number of ether oxygens (including phenoxy) is 1. The molecule has 0 aliphatic carbocycles. The van der Waals surface area contributed by atoms with Gasteiger partial charge in [-0.3, -0.25) is 0 Å². The van der Waals surface area contributed by atoms with Gasteiger partial charge in [-0.25, -0.2) is 4.39 Å². The predicted molar refractivity (Wildman–Crippen MR) is 79.5 cm³/mol. The van der Waals surface area contributed by atoms with Crippen LogP contribution in [0.5, 0.6) is 5.75 Å². The van der Waals surface area contributed by atoms with Crippen LogP contribution in [-0.2, 0) is 4.65 Å². The summed E-state index contributed by atoms with van der Waals surface area (Å²) in [4.78, 5) is 0. The molecule has 0 spiro atoms. The molecule has 0 atom stereocenters. The fraction of sp³-hybridized carbons (Fsp3) is 0.571. The molecule has 7 heteroatoms. The first kappa shape index (κ1) is 16.1. The summed E-state index contributed by atoms with van der Waals surface area (Å²) in [6, 6.07) is 2.69. The van der Waals surface area contributed by atoms with Crippen LogP contribution >= 0.6 is 0 Å². The van der Waals surface area contributed by atoms with Crippen LogP contribution in [0.4, 0.5) is 10.1 Å². The number of benzene rings is 1. The molecule has 0 unspecified atom stereocenters. The Morgan fingerprint density at radius 1 is 1.33 bits per heavy atom. The average Bonchev–Trinajstić information content (AvgIpc) is 2.35. The molecule has 0 bridgehead atoms. The van der Waals surface area contributed by atoms with E-state index in [4.69, 9.17) is 9.39 Å². The number of hydrogen-bond donors (Lipinski definition) is 3. The van der Waals surface area contributed by atoms with Crippen molar-refractivity contribution in [2.24, 2.45) is 0 Å². The highest BCUT2D eigenvalue weighted by Gasteiger charge is 2.40. The molecule has 116 valence electrons. The summed E-state index contributed by atoms with van der Waals surface area (Å²) < 4.78 is 24.9. The van der Waals surface area contributed by atoms with E-state index in [2.05, 4.69) is 5.32 Å². The Kier molecular flexibility index (Phi) is 4.19. The second-order valence-corrected chi connectivity index (χ2v) is 6.18. The summed E-state index contributed by atoms with van der Waals surface area (Å²) in [5, 5.41) is 23.3. The van der Waals surface area contributed by atoms with Gasteiger partial charge in [0.15, 0.2) is 0 Å². The van der Waals surface area contributed by atoms with Crippen molar-refractivity contribution in [2.45, 2.75) is 38.9 Å². The maximum atomic E-state index is 14.1. The molecule has 0 radical (unpaired) electrons. The number of aliphatic hydroxyl groups is 1. The average molecular weight is 297 g/mol. The van der Waals surface area contributed by atoms with E-state index in [0.29, 0.717) is 24.6 Å². The van der Waals surface area contributed by atoms with Crippen molar-refractivity contribution in [3.05, 3.63) is 17.9 Å². The van der Waals surface area contributed by atoms with Gasteiger partial charge in [-0.1, -0.05) is 0 Å². The molecular weight excluding hydrogens is 276 g/mol. The molecule has 0 saturated carbocycles. The predicted octanol–water partition coefficient (Wildman–Crippen LogP) is 0.884. The summed E-state index contributed by atoms with van der Waals surface area (Å²) >= 11 is 0. The summed E-state index contributed by atoms with van der Waals surface area (Å²) in [5.41, 5.74) is -1.64. The first-order valence-corrected chi connectivity index (χ1v) is 6.90. The molecule has 3 N–H and O–H groups in total. The zero-order valence-corrected chi connectivity index (χ0v) is 12.7. The van der Waals surface area contributed by atoms with E-state index in [-0.39, 0.29) is 5.46 Å². The Balaban J connectivity index is 2.25. The Morgan fingerprint density at radius 3 is 2.62 bits per heavy atom. The van der Waals surface area contributed by atoms with Crippen molar-refractivity contribution in [3.63, 3.8) is 0 Å². The lowest BCUT2D eigenvalue weighted by atomic mass is 9.76. The van der Waals surface area contributed by atoms with E-state index >= 15 is 0 Å². The van der Waals surface area contributed by atoms with Crippen molar-refractivity contribution in [1.29, 1.82) is 0 Å². The van der Waals surface area contributed by atoms with Gasteiger partial charge in [-0.05, 0) is 33.8 Å². The first-order chi connectivity index (χ1) is 9.62.